The summed E-state index contributed by atoms with van der Waals surface area (Å²) in [7, 11) is -4.38. The van der Waals surface area contributed by atoms with Gasteiger partial charge in [0.15, 0.2) is 0 Å². The van der Waals surface area contributed by atoms with Crippen LogP contribution in [0.2, 0.25) is 0 Å². The third-order valence-corrected chi connectivity index (χ3v) is 7.28. The monoisotopic (exact) mass is 636 g/mol. The van der Waals surface area contributed by atoms with Crippen LogP contribution in [0.3, 0.4) is 0 Å². The van der Waals surface area contributed by atoms with E-state index in [4.69, 9.17) is 9.47 Å². The van der Waals surface area contributed by atoms with Crippen LogP contribution in [-0.2, 0) is 45.3 Å². The predicted molar refractivity (Wildman–Crippen MR) is 145 cm³/mol. The Morgan fingerprint density at radius 2 is 1.70 bits per heavy atom. The number of hydrogen-bond acceptors (Lipinski definition) is 11. The summed E-state index contributed by atoms with van der Waals surface area (Å²) in [5.74, 6) is -3.16. The number of nitrogens with one attached hydrogen (secondary N) is 4. The number of carbonyl (C=O) groups excluding carboxylic acids is 5. The molecule has 0 spiro atoms. The molecule has 5 atom stereocenters. The minimum Gasteiger partial charge on any atom is -0.745 e. The first-order chi connectivity index (χ1) is 19.7. The zero-order valence-electron chi connectivity index (χ0n) is 24.8. The molecule has 0 saturated carbocycles. The molecule has 1 saturated heterocycles. The Hall–Kier alpha value is -2.92. The fourth-order valence-electron chi connectivity index (χ4n) is 4.20. The first kappa shape index (κ1) is 38.1. The van der Waals surface area contributed by atoms with Crippen LogP contribution in [0.25, 0.3) is 0 Å². The van der Waals surface area contributed by atoms with Gasteiger partial charge in [-0.05, 0) is 37.7 Å². The number of hydrogen-bond donors (Lipinski definition) is 4. The molecule has 17 heteroatoms. The summed E-state index contributed by atoms with van der Waals surface area (Å²) in [5.41, 5.74) is -1.78. The van der Waals surface area contributed by atoms with Gasteiger partial charge in [-0.1, -0.05) is 44.2 Å². The molecule has 2 unspecified atom stereocenters. The molecular formula is C26H37N4NaO11S. The van der Waals surface area contributed by atoms with Crippen molar-refractivity contribution in [3.05, 3.63) is 35.9 Å². The molecule has 4 amide bonds. The quantitative estimate of drug-likeness (QED) is 0.0724. The Morgan fingerprint density at radius 3 is 2.23 bits per heavy atom. The molecule has 0 aromatic heterocycles. The van der Waals surface area contributed by atoms with Gasteiger partial charge in [-0.15, -0.1) is 0 Å². The fraction of sp³-hybridized carbons (Fsp3) is 0.577. The van der Waals surface area contributed by atoms with Gasteiger partial charge in [0.25, 0.3) is 0 Å². The van der Waals surface area contributed by atoms with E-state index in [1.807, 2.05) is 5.32 Å². The van der Waals surface area contributed by atoms with Crippen molar-refractivity contribution < 1.29 is 80.7 Å². The second-order valence-corrected chi connectivity index (χ2v) is 11.6. The van der Waals surface area contributed by atoms with E-state index in [-0.39, 0.29) is 67.9 Å². The van der Waals surface area contributed by atoms with Crippen molar-refractivity contribution in [2.75, 3.05) is 13.7 Å². The van der Waals surface area contributed by atoms with Gasteiger partial charge in [0.1, 0.15) is 28.8 Å². The van der Waals surface area contributed by atoms with Gasteiger partial charge in [-0.2, -0.15) is 0 Å². The zero-order valence-corrected chi connectivity index (χ0v) is 27.6. The van der Waals surface area contributed by atoms with Crippen molar-refractivity contribution in [3.8, 4) is 0 Å². The van der Waals surface area contributed by atoms with Crippen molar-refractivity contribution in [1.82, 2.24) is 21.3 Å². The standard InChI is InChI=1S/C26H38N4O11S.Na/c1-15(2)12-19(30-25(34)40-14-17-8-6-5-7-9-17)22(32)29-20(13-18-10-11-27-21(18)31)24(42(36,37)38)41-26(35)28-16(3)23(33)39-4;/h5-9,15-16,18-20,24H,10-14H2,1-4H3,(H,27,31)(H,28,35)(H,29,32)(H,30,34)(H,36,37,38);/q;+1/p-1/t16?,18-,19-,20-,24?;/m0./s1. The van der Waals surface area contributed by atoms with Crippen molar-refractivity contribution in [2.24, 2.45) is 11.8 Å². The number of benzene rings is 1. The third-order valence-electron chi connectivity index (χ3n) is 6.28. The fourth-order valence-corrected chi connectivity index (χ4v) is 4.99. The maximum absolute atomic E-state index is 13.4. The van der Waals surface area contributed by atoms with Crippen LogP contribution < -0.4 is 50.8 Å². The van der Waals surface area contributed by atoms with Gasteiger partial charge >= 0.3 is 47.7 Å². The maximum atomic E-state index is 13.4. The molecule has 0 bridgehead atoms. The van der Waals surface area contributed by atoms with E-state index in [0.29, 0.717) is 5.56 Å². The second kappa shape index (κ2) is 18.0. The van der Waals surface area contributed by atoms with Gasteiger partial charge in [-0.25, -0.2) is 22.8 Å². The van der Waals surface area contributed by atoms with E-state index in [0.717, 1.165) is 7.11 Å². The van der Waals surface area contributed by atoms with Crippen molar-refractivity contribution in [1.29, 1.82) is 0 Å². The summed E-state index contributed by atoms with van der Waals surface area (Å²) in [6.07, 6.45) is -2.39. The SMILES string of the molecule is COC(=O)C(C)NC(=O)OC([C@H](C[C@@H]1CCNC1=O)NC(=O)[C@H](CC(C)C)NC(=O)OCc1ccccc1)S(=O)(=O)[O-].[Na+]. The van der Waals surface area contributed by atoms with E-state index in [2.05, 4.69) is 20.7 Å². The van der Waals surface area contributed by atoms with E-state index in [1.54, 1.807) is 44.2 Å². The van der Waals surface area contributed by atoms with Crippen molar-refractivity contribution >= 4 is 40.1 Å². The molecule has 1 aromatic carbocycles. The number of ether oxygens (including phenoxy) is 3. The van der Waals surface area contributed by atoms with Gasteiger partial charge in [0.05, 0.1) is 13.2 Å². The minimum atomic E-state index is -5.44. The van der Waals surface area contributed by atoms with Crippen LogP contribution >= 0.6 is 0 Å². The van der Waals surface area contributed by atoms with Crippen LogP contribution in [0.1, 0.15) is 45.6 Å². The molecule has 1 aliphatic rings. The van der Waals surface area contributed by atoms with E-state index in [9.17, 15) is 36.9 Å². The average Bonchev–Trinajstić information content (AvgIpc) is 3.32. The number of methoxy groups -OCH3 is 1. The molecule has 234 valence electrons. The average molecular weight is 637 g/mol. The molecule has 4 N–H and O–H groups in total. The second-order valence-electron chi connectivity index (χ2n) is 10.2. The van der Waals surface area contributed by atoms with Crippen LogP contribution in [0.4, 0.5) is 9.59 Å². The molecule has 0 radical (unpaired) electrons. The van der Waals surface area contributed by atoms with Gasteiger partial charge in [0, 0.05) is 12.5 Å². The van der Waals surface area contributed by atoms with Gasteiger partial charge < -0.3 is 40.0 Å². The first-order valence-corrected chi connectivity index (χ1v) is 14.7. The molecule has 1 heterocycles. The third kappa shape index (κ3) is 13.1. The smallest absolute Gasteiger partial charge is 0.745 e. The summed E-state index contributed by atoms with van der Waals surface area (Å²) in [4.78, 5) is 62.2. The number of alkyl carbamates (subject to hydrolysis) is 2. The normalized spacial score (nSPS) is 17.3. The molecule has 1 aromatic rings. The largest absolute Gasteiger partial charge is 1.00 e. The molecule has 1 aliphatic heterocycles. The number of carbonyl (C=O) groups is 5. The maximum Gasteiger partial charge on any atom is 1.00 e. The molecule has 2 rings (SSSR count). The number of rotatable bonds is 14. The summed E-state index contributed by atoms with van der Waals surface area (Å²) >= 11 is 0. The first-order valence-electron chi connectivity index (χ1n) is 13.3. The van der Waals surface area contributed by atoms with Gasteiger partial charge in [-0.3, -0.25) is 9.59 Å². The van der Waals surface area contributed by atoms with Crippen LogP contribution in [0, 0.1) is 11.8 Å². The summed E-state index contributed by atoms with van der Waals surface area (Å²) in [6, 6.07) is 4.60. The van der Waals surface area contributed by atoms with Crippen LogP contribution in [-0.4, -0.2) is 80.2 Å². The Morgan fingerprint density at radius 1 is 1.05 bits per heavy atom. The predicted octanol–water partition coefficient (Wildman–Crippen LogP) is -2.50. The summed E-state index contributed by atoms with van der Waals surface area (Å²) in [5, 5.41) is 9.43. The van der Waals surface area contributed by atoms with Crippen molar-refractivity contribution in [3.63, 3.8) is 0 Å². The summed E-state index contributed by atoms with van der Waals surface area (Å²) < 4.78 is 51.4. The zero-order chi connectivity index (χ0) is 31.4. The van der Waals surface area contributed by atoms with Crippen LogP contribution in [0.15, 0.2) is 30.3 Å². The van der Waals surface area contributed by atoms with E-state index >= 15 is 0 Å². The minimum absolute atomic E-state index is 0. The Labute approximate surface area is 272 Å². The molecule has 15 nitrogen and oxygen atoms in total. The van der Waals surface area contributed by atoms with E-state index < -0.39 is 69.6 Å². The van der Waals surface area contributed by atoms with Crippen LogP contribution in [0.5, 0.6) is 0 Å². The summed E-state index contributed by atoms with van der Waals surface area (Å²) in [6.45, 7) is 4.99. The Balaban J connectivity index is 0.00000924. The number of esters is 1. The molecule has 43 heavy (non-hydrogen) atoms. The molecule has 0 aliphatic carbocycles. The van der Waals surface area contributed by atoms with E-state index in [1.165, 1.54) is 6.92 Å². The molecule has 1 fully saturated rings. The Bertz CT molecular complexity index is 1220. The topological polar surface area (TPSA) is 218 Å². The van der Waals surface area contributed by atoms with Crippen molar-refractivity contribution in [2.45, 2.75) is 70.2 Å². The van der Waals surface area contributed by atoms with Gasteiger partial charge in [0.2, 0.25) is 17.3 Å². The Kier molecular flexibility index (Phi) is 16.0. The number of amides is 4. The molecular weight excluding hydrogens is 599 g/mol.